The lowest BCUT2D eigenvalue weighted by Gasteiger charge is -2.14. The number of carbonyl (C=O) groups excluding carboxylic acids is 2. The molecule has 0 fully saturated rings. The molecule has 1 rings (SSSR count). The fourth-order valence-corrected chi connectivity index (χ4v) is 1.32. The van der Waals surface area contributed by atoms with Gasteiger partial charge in [-0.25, -0.2) is 0 Å². The maximum atomic E-state index is 12.2. The van der Waals surface area contributed by atoms with Gasteiger partial charge in [0.15, 0.2) is 6.29 Å². The number of hydrogen-bond acceptors (Lipinski definition) is 3. The largest absolute Gasteiger partial charge is 0.434 e. The Hall–Kier alpha value is -1.78. The summed E-state index contributed by atoms with van der Waals surface area (Å²) in [5.41, 5.74) is 0.284. The molecule has 0 aliphatic carbocycles. The van der Waals surface area contributed by atoms with Crippen molar-refractivity contribution in [1.82, 2.24) is 0 Å². The van der Waals surface area contributed by atoms with E-state index in [1.807, 2.05) is 0 Å². The third kappa shape index (κ3) is 2.62. The maximum Gasteiger partial charge on any atom is 0.387 e. The number of benzene rings is 1. The molecule has 0 amide bonds. The molecule has 0 aliphatic rings. The summed E-state index contributed by atoms with van der Waals surface area (Å²) in [6.07, 6.45) is 1.01. The lowest BCUT2D eigenvalue weighted by molar-refractivity contribution is -0.108. The molecule has 0 aliphatic heterocycles. The molecule has 0 heterocycles. The van der Waals surface area contributed by atoms with E-state index in [-0.39, 0.29) is 16.9 Å². The van der Waals surface area contributed by atoms with Crippen LogP contribution in [0, 0.1) is 0 Å². The van der Waals surface area contributed by atoms with Gasteiger partial charge in [-0.05, 0) is 6.07 Å². The fourth-order valence-electron chi connectivity index (χ4n) is 1.32. The quantitative estimate of drug-likeness (QED) is 0.727. The monoisotopic (exact) mass is 228 g/mol. The van der Waals surface area contributed by atoms with Crippen molar-refractivity contribution in [2.75, 3.05) is 0 Å². The van der Waals surface area contributed by atoms with Gasteiger partial charge in [0.25, 0.3) is 0 Å². The van der Waals surface area contributed by atoms with Gasteiger partial charge >= 0.3 is 6.61 Å². The van der Waals surface area contributed by atoms with E-state index in [0.717, 1.165) is 0 Å². The lowest BCUT2D eigenvalue weighted by Crippen LogP contribution is -2.09. The molecule has 1 atom stereocenters. The molecule has 0 bridgehead atoms. The Balaban J connectivity index is 3.24. The van der Waals surface area contributed by atoms with Gasteiger partial charge in [-0.1, -0.05) is 19.1 Å². The molecule has 0 radical (unpaired) electrons. The number of para-hydroxylation sites is 1. The van der Waals surface area contributed by atoms with Gasteiger partial charge in [0.05, 0.1) is 5.56 Å². The van der Waals surface area contributed by atoms with Crippen LogP contribution in [-0.4, -0.2) is 19.2 Å². The summed E-state index contributed by atoms with van der Waals surface area (Å²) in [6.45, 7) is -1.49. The Kier molecular flexibility index (Phi) is 4.10. The van der Waals surface area contributed by atoms with Crippen LogP contribution in [0.2, 0.25) is 0 Å². The summed E-state index contributed by atoms with van der Waals surface area (Å²) in [7, 11) is 0. The first-order valence-corrected chi connectivity index (χ1v) is 4.58. The van der Waals surface area contributed by atoms with Crippen molar-refractivity contribution < 1.29 is 23.1 Å². The molecule has 0 saturated carbocycles. The zero-order chi connectivity index (χ0) is 12.1. The second kappa shape index (κ2) is 5.34. The van der Waals surface area contributed by atoms with Gasteiger partial charge in [0.2, 0.25) is 0 Å². The number of ether oxygens (including phenoxy) is 1. The van der Waals surface area contributed by atoms with E-state index in [0.29, 0.717) is 12.6 Å². The second-order valence-corrected chi connectivity index (χ2v) is 3.19. The van der Waals surface area contributed by atoms with Crippen molar-refractivity contribution in [3.05, 3.63) is 29.3 Å². The average Bonchev–Trinajstić information content (AvgIpc) is 2.27. The van der Waals surface area contributed by atoms with Crippen LogP contribution < -0.4 is 4.74 Å². The lowest BCUT2D eigenvalue weighted by atomic mass is 9.99. The van der Waals surface area contributed by atoms with E-state index in [2.05, 4.69) is 4.74 Å². The topological polar surface area (TPSA) is 43.4 Å². The van der Waals surface area contributed by atoms with Crippen LogP contribution in [0.3, 0.4) is 0 Å². The van der Waals surface area contributed by atoms with Crippen molar-refractivity contribution in [2.24, 2.45) is 0 Å². The predicted molar refractivity (Wildman–Crippen MR) is 52.9 cm³/mol. The van der Waals surface area contributed by atoms with Gasteiger partial charge in [0.1, 0.15) is 12.0 Å². The molecule has 1 unspecified atom stereocenters. The Bertz CT molecular complexity index is 391. The Morgan fingerprint density at radius 1 is 1.31 bits per heavy atom. The minimum Gasteiger partial charge on any atom is -0.434 e. The number of rotatable bonds is 5. The average molecular weight is 228 g/mol. The third-order valence-corrected chi connectivity index (χ3v) is 2.10. The summed E-state index contributed by atoms with van der Waals surface area (Å²) in [6, 6.07) is 4.34. The van der Waals surface area contributed by atoms with Crippen molar-refractivity contribution in [3.63, 3.8) is 0 Å². The molecule has 0 N–H and O–H groups in total. The molecule has 1 aromatic rings. The van der Waals surface area contributed by atoms with E-state index in [1.54, 1.807) is 0 Å². The molecule has 1 aromatic carbocycles. The first kappa shape index (κ1) is 12.3. The minimum atomic E-state index is -3.03. The number of hydrogen-bond donors (Lipinski definition) is 0. The summed E-state index contributed by atoms with van der Waals surface area (Å²) in [5.74, 6) is -0.833. The summed E-state index contributed by atoms with van der Waals surface area (Å²) in [5, 5.41) is 0. The van der Waals surface area contributed by atoms with Crippen LogP contribution in [0.1, 0.15) is 28.8 Å². The Labute approximate surface area is 91.0 Å². The van der Waals surface area contributed by atoms with Crippen LogP contribution in [0.5, 0.6) is 5.75 Å². The van der Waals surface area contributed by atoms with Crippen molar-refractivity contribution >= 4 is 12.6 Å². The zero-order valence-electron chi connectivity index (χ0n) is 8.52. The summed E-state index contributed by atoms with van der Waals surface area (Å²) >= 11 is 0. The SMILES string of the molecule is CC(C=O)c1cccc(C=O)c1OC(F)F. The Morgan fingerprint density at radius 3 is 2.50 bits per heavy atom. The van der Waals surface area contributed by atoms with Gasteiger partial charge in [-0.3, -0.25) is 4.79 Å². The van der Waals surface area contributed by atoms with Gasteiger partial charge < -0.3 is 9.53 Å². The van der Waals surface area contributed by atoms with Gasteiger partial charge in [-0.2, -0.15) is 8.78 Å². The fraction of sp³-hybridized carbons (Fsp3) is 0.273. The molecule has 16 heavy (non-hydrogen) atoms. The highest BCUT2D eigenvalue weighted by atomic mass is 19.3. The number of aldehydes is 2. The first-order chi connectivity index (χ1) is 7.60. The standard InChI is InChI=1S/C11H10F2O3/c1-7(5-14)9-4-2-3-8(6-15)10(9)16-11(12)13/h2-7,11H,1H3. The normalized spacial score (nSPS) is 12.2. The van der Waals surface area contributed by atoms with Crippen LogP contribution in [0.15, 0.2) is 18.2 Å². The highest BCUT2D eigenvalue weighted by Gasteiger charge is 2.17. The van der Waals surface area contributed by atoms with E-state index in [4.69, 9.17) is 0 Å². The predicted octanol–water partition coefficient (Wildman–Crippen LogP) is 2.40. The molecule has 0 saturated heterocycles. The second-order valence-electron chi connectivity index (χ2n) is 3.19. The maximum absolute atomic E-state index is 12.2. The molecule has 0 spiro atoms. The molecule has 0 aromatic heterocycles. The molecular formula is C11H10F2O3. The van der Waals surface area contributed by atoms with Crippen LogP contribution in [0.4, 0.5) is 8.78 Å². The molecular weight excluding hydrogens is 218 g/mol. The third-order valence-electron chi connectivity index (χ3n) is 2.10. The van der Waals surface area contributed by atoms with Crippen LogP contribution in [0.25, 0.3) is 0 Å². The zero-order valence-corrected chi connectivity index (χ0v) is 8.52. The first-order valence-electron chi connectivity index (χ1n) is 4.58. The number of halogens is 2. The van der Waals surface area contributed by atoms with Crippen LogP contribution in [-0.2, 0) is 4.79 Å². The smallest absolute Gasteiger partial charge is 0.387 e. The number of alkyl halides is 2. The van der Waals surface area contributed by atoms with E-state index >= 15 is 0 Å². The van der Waals surface area contributed by atoms with Gasteiger partial charge in [0, 0.05) is 11.5 Å². The van der Waals surface area contributed by atoms with Crippen molar-refractivity contribution in [2.45, 2.75) is 19.5 Å². The minimum absolute atomic E-state index is 0.00602. The highest BCUT2D eigenvalue weighted by Crippen LogP contribution is 2.29. The van der Waals surface area contributed by atoms with E-state index in [9.17, 15) is 18.4 Å². The molecule has 5 heteroatoms. The summed E-state index contributed by atoms with van der Waals surface area (Å²) in [4.78, 5) is 21.3. The van der Waals surface area contributed by atoms with E-state index < -0.39 is 12.5 Å². The van der Waals surface area contributed by atoms with Gasteiger partial charge in [-0.15, -0.1) is 0 Å². The highest BCUT2D eigenvalue weighted by molar-refractivity contribution is 5.81. The molecule has 86 valence electrons. The number of carbonyl (C=O) groups is 2. The molecule has 3 nitrogen and oxygen atoms in total. The summed E-state index contributed by atoms with van der Waals surface area (Å²) < 4.78 is 28.6. The van der Waals surface area contributed by atoms with E-state index in [1.165, 1.54) is 25.1 Å². The Morgan fingerprint density at radius 2 is 2.00 bits per heavy atom. The van der Waals surface area contributed by atoms with Crippen molar-refractivity contribution in [1.29, 1.82) is 0 Å². The van der Waals surface area contributed by atoms with Crippen molar-refractivity contribution in [3.8, 4) is 5.75 Å². The van der Waals surface area contributed by atoms with Crippen LogP contribution >= 0.6 is 0 Å².